The molecule has 1 aliphatic heterocycles. The van der Waals surface area contributed by atoms with Crippen LogP contribution in [0.25, 0.3) is 33.5 Å². The number of aliphatic hydroxyl groups is 1. The number of nitrogens with two attached hydrogens (primary N) is 3. The first-order valence-electron chi connectivity index (χ1n) is 37.4. The van der Waals surface area contributed by atoms with Crippen molar-refractivity contribution in [3.8, 4) is 22.8 Å². The van der Waals surface area contributed by atoms with Gasteiger partial charge in [0.25, 0.3) is 0 Å². The van der Waals surface area contributed by atoms with Gasteiger partial charge in [-0.05, 0) is 108 Å². The standard InChI is InChI=1S/C79H98ClN21O12/c1-44(2)34-58(69(105)88-57(15-8-9-32-85-45(3)4)77(113)101-33-11-16-65(101)76(112)86-42-66(81)104)89-71(107)60(36-47-17-25-53(26-18-47)67-95-78(82)99-97-67)91-73(109)62(37-48-19-27-54(28-20-48)68-96-79(83)100-98-68)93-75(111)64(43-102)94-74(110)63(40-51-12-10-31-84-41-51)92-72(108)61(38-49-22-29-56(80)30-23-49)90-70(106)59(87-46(5)103)39-50-21-24-52-13-6-7-14-55(52)35-50/h6-7,10,12-14,17-31,35,41,44-45,57-65,85,102H,8-9,11,15-16,32-34,36-40,42-43H2,1-5H3,(H2,81,104)(H,86,112)(H,87,103)(H,88,105)(H,89,107)(H,90,106)(H,91,109)(H,92,108)(H,93,111)(H,94,110)(H3,82,95,97,99)(H3,83,96,98,100)/t57-,58-,59+,60-,61-,62-,63+,64-,65+/m0/s1. The molecule has 113 heavy (non-hydrogen) atoms. The normalized spacial score (nSPS) is 14.8. The van der Waals surface area contributed by atoms with Crippen LogP contribution in [0, 0.1) is 5.92 Å². The maximum atomic E-state index is 15.5. The maximum Gasteiger partial charge on any atom is 0.245 e. The number of hydrogen-bond donors (Lipinski definition) is 16. The molecule has 11 amide bonds. The van der Waals surface area contributed by atoms with Gasteiger partial charge in [0.15, 0.2) is 11.6 Å². The Bertz CT molecular complexity index is 4600. The number of aromatic amines is 2. The number of nitrogens with zero attached hydrogens (tertiary/aromatic N) is 6. The fraction of sp³-hybridized carbons (Fsp3) is 0.392. The van der Waals surface area contributed by atoms with Crippen LogP contribution >= 0.6 is 11.6 Å². The maximum absolute atomic E-state index is 15.5. The number of pyridine rings is 1. The van der Waals surface area contributed by atoms with Crippen LogP contribution in [0.5, 0.6) is 0 Å². The Morgan fingerprint density at radius 3 is 1.48 bits per heavy atom. The number of likely N-dealkylation sites (tertiary alicyclic amines) is 1. The number of anilines is 2. The Hall–Kier alpha value is -12.2. The van der Waals surface area contributed by atoms with Crippen molar-refractivity contribution in [1.29, 1.82) is 0 Å². The smallest absolute Gasteiger partial charge is 0.245 e. The number of nitrogen functional groups attached to an aromatic ring is 2. The summed E-state index contributed by atoms with van der Waals surface area (Å²) in [4.78, 5) is 172. The summed E-state index contributed by atoms with van der Waals surface area (Å²) >= 11 is 6.28. The summed E-state index contributed by atoms with van der Waals surface area (Å²) in [5.74, 6) is -8.34. The zero-order valence-electron chi connectivity index (χ0n) is 63.5. The van der Waals surface area contributed by atoms with Crippen molar-refractivity contribution < 1.29 is 57.8 Å². The molecule has 0 saturated carbocycles. The lowest BCUT2D eigenvalue weighted by atomic mass is 9.98. The van der Waals surface area contributed by atoms with E-state index < -0.39 is 133 Å². The molecule has 3 aromatic heterocycles. The molecule has 598 valence electrons. The zero-order chi connectivity index (χ0) is 81.3. The third kappa shape index (κ3) is 25.7. The van der Waals surface area contributed by atoms with Gasteiger partial charge in [-0.25, -0.2) is 10.2 Å². The molecule has 0 aliphatic carbocycles. The molecule has 8 aromatic rings. The molecule has 34 heteroatoms. The van der Waals surface area contributed by atoms with Gasteiger partial charge in [-0.1, -0.05) is 148 Å². The monoisotopic (exact) mass is 1570 g/mol. The van der Waals surface area contributed by atoms with Gasteiger partial charge in [-0.15, -0.1) is 0 Å². The molecule has 1 fully saturated rings. The minimum atomic E-state index is -1.85. The fourth-order valence-electron chi connectivity index (χ4n) is 13.1. The largest absolute Gasteiger partial charge is 0.394 e. The number of fused-ring (bicyclic) bond motifs is 1. The van der Waals surface area contributed by atoms with Gasteiger partial charge in [0.05, 0.1) is 13.2 Å². The van der Waals surface area contributed by atoms with Gasteiger partial charge in [-0.2, -0.15) is 20.2 Å². The highest BCUT2D eigenvalue weighted by molar-refractivity contribution is 6.30. The van der Waals surface area contributed by atoms with E-state index in [0.29, 0.717) is 69.8 Å². The van der Waals surface area contributed by atoms with E-state index in [1.54, 1.807) is 84.9 Å². The number of amides is 11. The first-order valence-corrected chi connectivity index (χ1v) is 37.8. The molecule has 9 atom stereocenters. The molecule has 0 unspecified atom stereocenters. The Morgan fingerprint density at radius 1 is 0.540 bits per heavy atom. The van der Waals surface area contributed by atoms with Crippen LogP contribution < -0.4 is 70.4 Å². The second-order valence-corrected chi connectivity index (χ2v) is 29.1. The van der Waals surface area contributed by atoms with Gasteiger partial charge >= 0.3 is 0 Å². The van der Waals surface area contributed by atoms with Gasteiger partial charge in [0, 0.05) is 80.2 Å². The molecular weight excluding hydrogens is 1470 g/mol. The lowest BCUT2D eigenvalue weighted by Gasteiger charge is -2.31. The highest BCUT2D eigenvalue weighted by Crippen LogP contribution is 2.24. The van der Waals surface area contributed by atoms with E-state index in [-0.39, 0.29) is 93.4 Å². The summed E-state index contributed by atoms with van der Waals surface area (Å²) in [6.45, 7) is 8.15. The predicted octanol–water partition coefficient (Wildman–Crippen LogP) is 1.83. The van der Waals surface area contributed by atoms with Gasteiger partial charge in [0.1, 0.15) is 54.4 Å². The highest BCUT2D eigenvalue weighted by atomic mass is 35.5. The van der Waals surface area contributed by atoms with Crippen molar-refractivity contribution in [3.63, 3.8) is 0 Å². The number of unbranched alkanes of at least 4 members (excludes halogenated alkanes) is 1. The van der Waals surface area contributed by atoms with E-state index in [1.807, 2.05) is 70.2 Å². The molecule has 33 nitrogen and oxygen atoms in total. The summed E-state index contributed by atoms with van der Waals surface area (Å²) in [7, 11) is 0. The fourth-order valence-corrected chi connectivity index (χ4v) is 13.2. The summed E-state index contributed by atoms with van der Waals surface area (Å²) < 4.78 is 0. The number of primary amides is 1. The van der Waals surface area contributed by atoms with E-state index in [0.717, 1.165) is 10.8 Å². The summed E-state index contributed by atoms with van der Waals surface area (Å²) in [6, 6.07) is 23.7. The number of aromatic nitrogens is 7. The number of halogens is 1. The molecule has 0 spiro atoms. The van der Waals surface area contributed by atoms with Crippen LogP contribution in [0.2, 0.25) is 5.02 Å². The molecule has 19 N–H and O–H groups in total. The summed E-state index contributed by atoms with van der Waals surface area (Å²) in [5.41, 5.74) is 20.7. The molecule has 1 aliphatic rings. The highest BCUT2D eigenvalue weighted by Gasteiger charge is 2.40. The second-order valence-electron chi connectivity index (χ2n) is 28.6. The molecule has 0 radical (unpaired) electrons. The SMILES string of the molecule is CC(=O)N[C@H](Cc1ccc2ccccc2c1)C(=O)N[C@@H](Cc1ccc(Cl)cc1)C(=O)N[C@H](Cc1cccnc1)C(=O)N[C@@H](CO)C(=O)N[C@@H](Cc1ccc(-c2n[nH]c(N)n2)cc1)C(=O)N[C@@H](Cc1ccc(-c2n[nH]c(N)n2)cc1)C(=O)N[C@@H](CC(C)C)C(=O)N[C@@H](CCCCNC(C)C)C(=O)N1CCC[C@@H]1C(=O)NCC(N)=O. The van der Waals surface area contributed by atoms with E-state index in [4.69, 9.17) is 28.8 Å². The molecule has 5 aromatic carbocycles. The van der Waals surface area contributed by atoms with E-state index >= 15 is 9.59 Å². The number of carbonyl (C=O) groups is 11. The number of rotatable bonds is 40. The van der Waals surface area contributed by atoms with Crippen molar-refractivity contribution in [2.45, 2.75) is 166 Å². The van der Waals surface area contributed by atoms with Crippen molar-refractivity contribution in [2.24, 2.45) is 11.7 Å². The molecular formula is C79H98ClN21O12. The van der Waals surface area contributed by atoms with Gasteiger partial charge < -0.3 is 80.4 Å². The third-order valence-corrected chi connectivity index (χ3v) is 19.1. The van der Waals surface area contributed by atoms with Crippen LogP contribution in [0.4, 0.5) is 11.9 Å². The Labute approximate surface area is 657 Å². The molecule has 1 saturated heterocycles. The van der Waals surface area contributed by atoms with Crippen molar-refractivity contribution >= 4 is 99.2 Å². The zero-order valence-corrected chi connectivity index (χ0v) is 64.2. The Balaban J connectivity index is 1.00. The lowest BCUT2D eigenvalue weighted by Crippen LogP contribution is -2.62. The number of carbonyl (C=O) groups excluding carboxylic acids is 11. The van der Waals surface area contributed by atoms with Crippen LogP contribution in [0.15, 0.2) is 140 Å². The van der Waals surface area contributed by atoms with Crippen LogP contribution in [0.1, 0.15) is 101 Å². The average molecular weight is 1570 g/mol. The number of nitrogens with one attached hydrogen (secondary N) is 12. The minimum absolute atomic E-state index is 0.0259. The van der Waals surface area contributed by atoms with Crippen LogP contribution in [0.3, 0.4) is 0 Å². The topological polar surface area (TPSA) is 506 Å². The number of H-pyrrole nitrogens is 2. The second kappa shape index (κ2) is 41.2. The molecule has 4 heterocycles. The molecule has 9 rings (SSSR count). The lowest BCUT2D eigenvalue weighted by molar-refractivity contribution is -0.142. The van der Waals surface area contributed by atoms with Crippen molar-refractivity contribution in [3.05, 3.63) is 173 Å². The van der Waals surface area contributed by atoms with E-state index in [9.17, 15) is 48.3 Å². The van der Waals surface area contributed by atoms with E-state index in [1.165, 1.54) is 24.2 Å². The van der Waals surface area contributed by atoms with Gasteiger partial charge in [0.2, 0.25) is 76.9 Å². The quantitative estimate of drug-likeness (QED) is 0.0244. The number of benzene rings is 5. The summed E-state index contributed by atoms with van der Waals surface area (Å²) in [6.07, 6.45) is 4.02. The third-order valence-electron chi connectivity index (χ3n) is 18.8. The number of aliphatic hydroxyl groups excluding tert-OH is 1. The Morgan fingerprint density at radius 2 is 1.00 bits per heavy atom. The Kier molecular flexibility index (Phi) is 30.9. The van der Waals surface area contributed by atoms with E-state index in [2.05, 4.69) is 88.5 Å². The van der Waals surface area contributed by atoms with Crippen molar-refractivity contribution in [1.82, 2.24) is 93.4 Å². The van der Waals surface area contributed by atoms with Crippen LogP contribution in [-0.4, -0.2) is 197 Å². The minimum Gasteiger partial charge on any atom is -0.394 e. The van der Waals surface area contributed by atoms with Crippen molar-refractivity contribution in [2.75, 3.05) is 37.7 Å². The van der Waals surface area contributed by atoms with Gasteiger partial charge in [-0.3, -0.25) is 57.7 Å². The van der Waals surface area contributed by atoms with Crippen LogP contribution in [-0.2, 0) is 84.8 Å². The average Bonchev–Trinajstić information content (AvgIpc) is 1.80. The molecule has 0 bridgehead atoms. The predicted molar refractivity (Wildman–Crippen MR) is 422 cm³/mol. The number of hydrogen-bond acceptors (Lipinski definition) is 20. The summed E-state index contributed by atoms with van der Waals surface area (Å²) in [5, 5.41) is 54.8. The first kappa shape index (κ1) is 84.8. The first-order chi connectivity index (χ1) is 54.1.